The zero-order chi connectivity index (χ0) is 14.5. The van der Waals surface area contributed by atoms with Crippen LogP contribution < -0.4 is 14.8 Å². The van der Waals surface area contributed by atoms with E-state index < -0.39 is 5.82 Å². The maximum atomic E-state index is 13.1. The molecule has 0 aliphatic rings. The van der Waals surface area contributed by atoms with Gasteiger partial charge in [0.1, 0.15) is 17.9 Å². The van der Waals surface area contributed by atoms with Gasteiger partial charge in [0.05, 0.1) is 12.1 Å². The number of methoxy groups -OCH3 is 1. The van der Waals surface area contributed by atoms with Crippen molar-refractivity contribution in [3.63, 3.8) is 0 Å². The highest BCUT2D eigenvalue weighted by Gasteiger charge is 2.14. The van der Waals surface area contributed by atoms with Crippen molar-refractivity contribution in [2.24, 2.45) is 0 Å². The molecule has 0 bridgehead atoms. The molecule has 1 N–H and O–H groups in total. The van der Waals surface area contributed by atoms with Gasteiger partial charge in [-0.15, -0.1) is 0 Å². The van der Waals surface area contributed by atoms with Crippen LogP contribution in [-0.4, -0.2) is 23.6 Å². The minimum atomic E-state index is -0.512. The van der Waals surface area contributed by atoms with E-state index in [0.29, 0.717) is 23.9 Å². The Hall–Kier alpha value is -2.08. The molecule has 1 heterocycles. The normalized spacial score (nSPS) is 10.2. The largest absolute Gasteiger partial charge is 0.489 e. The number of benzene rings is 1. The number of aromatic nitrogens is 2. The van der Waals surface area contributed by atoms with Gasteiger partial charge in [0.15, 0.2) is 5.82 Å². The van der Waals surface area contributed by atoms with Crippen molar-refractivity contribution in [2.45, 2.75) is 6.92 Å². The zero-order valence-corrected chi connectivity index (χ0v) is 11.7. The number of rotatable bonds is 5. The van der Waals surface area contributed by atoms with Crippen LogP contribution in [0, 0.1) is 5.82 Å². The number of ether oxygens (including phenoxy) is 2. The van der Waals surface area contributed by atoms with Crippen molar-refractivity contribution in [1.29, 1.82) is 0 Å². The van der Waals surface area contributed by atoms with Gasteiger partial charge in [-0.3, -0.25) is 0 Å². The highest BCUT2D eigenvalue weighted by Crippen LogP contribution is 2.34. The molecule has 0 radical (unpaired) electrons. The summed E-state index contributed by atoms with van der Waals surface area (Å²) in [5, 5.41) is 3.01. The van der Waals surface area contributed by atoms with Gasteiger partial charge < -0.3 is 14.8 Å². The van der Waals surface area contributed by atoms with Crippen LogP contribution in [0.4, 0.5) is 10.2 Å². The predicted octanol–water partition coefficient (Wildman–Crippen LogP) is 3.50. The average Bonchev–Trinajstić information content (AvgIpc) is 2.44. The molecule has 0 aliphatic carbocycles. The average molecular weight is 298 g/mol. The summed E-state index contributed by atoms with van der Waals surface area (Å²) in [6.07, 6.45) is 1.35. The predicted molar refractivity (Wildman–Crippen MR) is 74.2 cm³/mol. The summed E-state index contributed by atoms with van der Waals surface area (Å²) in [4.78, 5) is 8.06. The fourth-order valence-electron chi connectivity index (χ4n) is 1.56. The Kier molecular flexibility index (Phi) is 4.57. The monoisotopic (exact) mass is 297 g/mol. The number of hydrogen-bond donors (Lipinski definition) is 1. The number of nitrogens with one attached hydrogen (secondary N) is 1. The highest BCUT2D eigenvalue weighted by atomic mass is 35.5. The molecule has 2 rings (SSSR count). The molecule has 0 atom stereocenters. The van der Waals surface area contributed by atoms with Crippen LogP contribution in [0.5, 0.6) is 17.4 Å². The summed E-state index contributed by atoms with van der Waals surface area (Å²) < 4.78 is 23.9. The van der Waals surface area contributed by atoms with Crippen LogP contribution in [0.15, 0.2) is 24.5 Å². The summed E-state index contributed by atoms with van der Waals surface area (Å²) in [5.74, 6) is 0.960. The third-order valence-corrected chi connectivity index (χ3v) is 2.71. The summed E-state index contributed by atoms with van der Waals surface area (Å²) in [6, 6.07) is 4.04. The number of hydrogen-bond acceptors (Lipinski definition) is 5. The molecule has 0 fully saturated rings. The first-order valence-electron chi connectivity index (χ1n) is 5.91. The third kappa shape index (κ3) is 3.08. The van der Waals surface area contributed by atoms with Crippen LogP contribution in [0.2, 0.25) is 5.02 Å². The summed E-state index contributed by atoms with van der Waals surface area (Å²) in [6.45, 7) is 2.61. The van der Waals surface area contributed by atoms with Crippen molar-refractivity contribution in [3.8, 4) is 17.4 Å². The van der Waals surface area contributed by atoms with Gasteiger partial charge in [-0.2, -0.15) is 4.98 Å². The van der Waals surface area contributed by atoms with Gasteiger partial charge in [0.25, 0.3) is 5.88 Å². The SMILES string of the molecule is CCNc1ncnc(Oc2ccc(F)c(Cl)c2)c1OC. The van der Waals surface area contributed by atoms with Crippen molar-refractivity contribution < 1.29 is 13.9 Å². The fourth-order valence-corrected chi connectivity index (χ4v) is 1.73. The molecule has 0 amide bonds. The maximum Gasteiger partial charge on any atom is 0.268 e. The fraction of sp³-hybridized carbons (Fsp3) is 0.231. The summed E-state index contributed by atoms with van der Waals surface area (Å²) in [7, 11) is 1.49. The molecule has 0 saturated carbocycles. The van der Waals surface area contributed by atoms with E-state index in [0.717, 1.165) is 0 Å². The Labute approximate surface area is 120 Å². The van der Waals surface area contributed by atoms with Gasteiger partial charge >= 0.3 is 0 Å². The van der Waals surface area contributed by atoms with Gasteiger partial charge in [0, 0.05) is 12.6 Å². The Morgan fingerprint density at radius 3 is 2.80 bits per heavy atom. The van der Waals surface area contributed by atoms with E-state index in [9.17, 15) is 4.39 Å². The van der Waals surface area contributed by atoms with Gasteiger partial charge in [-0.05, 0) is 19.1 Å². The summed E-state index contributed by atoms with van der Waals surface area (Å²) >= 11 is 5.70. The second kappa shape index (κ2) is 6.38. The molecular formula is C13H13ClFN3O2. The molecule has 1 aromatic heterocycles. The molecule has 7 heteroatoms. The van der Waals surface area contributed by atoms with E-state index in [1.165, 1.54) is 31.6 Å². The molecule has 2 aromatic rings. The first-order chi connectivity index (χ1) is 9.65. The van der Waals surface area contributed by atoms with Crippen LogP contribution >= 0.6 is 11.6 Å². The van der Waals surface area contributed by atoms with Crippen LogP contribution in [-0.2, 0) is 0 Å². The standard InChI is InChI=1S/C13H13ClFN3O2/c1-3-16-12-11(19-2)13(18-7-17-12)20-8-4-5-10(15)9(14)6-8/h4-7H,3H2,1-2H3,(H,16,17,18). The third-order valence-electron chi connectivity index (χ3n) is 2.43. The lowest BCUT2D eigenvalue weighted by Gasteiger charge is -2.12. The van der Waals surface area contributed by atoms with Crippen molar-refractivity contribution in [2.75, 3.05) is 19.0 Å². The van der Waals surface area contributed by atoms with Crippen LogP contribution in [0.3, 0.4) is 0 Å². The van der Waals surface area contributed by atoms with Gasteiger partial charge in [-0.1, -0.05) is 11.6 Å². The molecule has 0 unspecified atom stereocenters. The first kappa shape index (κ1) is 14.3. The lowest BCUT2D eigenvalue weighted by atomic mass is 10.3. The molecule has 0 spiro atoms. The Morgan fingerprint density at radius 1 is 1.35 bits per heavy atom. The minimum absolute atomic E-state index is 0.0255. The van der Waals surface area contributed by atoms with Crippen LogP contribution in [0.25, 0.3) is 0 Å². The lowest BCUT2D eigenvalue weighted by Crippen LogP contribution is -2.04. The van der Waals surface area contributed by atoms with Crippen LogP contribution in [0.1, 0.15) is 6.92 Å². The zero-order valence-electron chi connectivity index (χ0n) is 11.0. The molecule has 0 saturated heterocycles. The van der Waals surface area contributed by atoms with E-state index in [1.54, 1.807) is 0 Å². The number of anilines is 1. The van der Waals surface area contributed by atoms with Gasteiger partial charge in [-0.25, -0.2) is 9.37 Å². The quantitative estimate of drug-likeness (QED) is 0.915. The molecular weight excluding hydrogens is 285 g/mol. The van der Waals surface area contributed by atoms with Crippen molar-refractivity contribution >= 4 is 17.4 Å². The van der Waals surface area contributed by atoms with E-state index >= 15 is 0 Å². The second-order valence-electron chi connectivity index (χ2n) is 3.77. The van der Waals surface area contributed by atoms with E-state index in [2.05, 4.69) is 15.3 Å². The number of halogens is 2. The van der Waals surface area contributed by atoms with E-state index in [1.807, 2.05) is 6.92 Å². The first-order valence-corrected chi connectivity index (χ1v) is 6.29. The smallest absolute Gasteiger partial charge is 0.268 e. The van der Waals surface area contributed by atoms with E-state index in [-0.39, 0.29) is 10.9 Å². The summed E-state index contributed by atoms with van der Waals surface area (Å²) in [5.41, 5.74) is 0. The Balaban J connectivity index is 2.32. The minimum Gasteiger partial charge on any atom is -0.489 e. The lowest BCUT2D eigenvalue weighted by molar-refractivity contribution is 0.369. The van der Waals surface area contributed by atoms with Crippen molar-refractivity contribution in [1.82, 2.24) is 9.97 Å². The topological polar surface area (TPSA) is 56.3 Å². The Bertz CT molecular complexity index is 610. The Morgan fingerprint density at radius 2 is 2.15 bits per heavy atom. The molecule has 5 nitrogen and oxygen atoms in total. The highest BCUT2D eigenvalue weighted by molar-refractivity contribution is 6.30. The molecule has 106 valence electrons. The molecule has 0 aliphatic heterocycles. The van der Waals surface area contributed by atoms with E-state index in [4.69, 9.17) is 21.1 Å². The second-order valence-corrected chi connectivity index (χ2v) is 4.18. The molecule has 1 aromatic carbocycles. The van der Waals surface area contributed by atoms with Gasteiger partial charge in [0.2, 0.25) is 5.75 Å². The maximum absolute atomic E-state index is 13.1. The molecule has 20 heavy (non-hydrogen) atoms. The van der Waals surface area contributed by atoms with Crippen molar-refractivity contribution in [3.05, 3.63) is 35.4 Å². The number of nitrogens with zero attached hydrogens (tertiary/aromatic N) is 2.